The second kappa shape index (κ2) is 8.76. The minimum Gasteiger partial charge on any atom is -0.479 e. The van der Waals surface area contributed by atoms with E-state index >= 15 is 0 Å². The number of rotatable bonds is 7. The van der Waals surface area contributed by atoms with Gasteiger partial charge in [-0.2, -0.15) is 0 Å². The van der Waals surface area contributed by atoms with Crippen LogP contribution in [-0.4, -0.2) is 66.4 Å². The molecule has 0 spiro atoms. The first-order valence-corrected chi connectivity index (χ1v) is 11.6. The fraction of sp³-hybridized carbons (Fsp3) is 0.423. The molecule has 2 aliphatic carbocycles. The van der Waals surface area contributed by atoms with Crippen LogP contribution < -0.4 is 5.32 Å². The molecule has 34 heavy (non-hydrogen) atoms. The number of carboxylic acids is 1. The zero-order valence-corrected chi connectivity index (χ0v) is 19.0. The monoisotopic (exact) mass is 464 g/mol. The maximum absolute atomic E-state index is 13.1. The van der Waals surface area contributed by atoms with Gasteiger partial charge in [-0.15, -0.1) is 0 Å². The summed E-state index contributed by atoms with van der Waals surface area (Å²) < 4.78 is 10.8. The summed E-state index contributed by atoms with van der Waals surface area (Å²) >= 11 is 0. The highest BCUT2D eigenvalue weighted by molar-refractivity contribution is 5.92. The fourth-order valence-electron chi connectivity index (χ4n) is 5.64. The second-order valence-corrected chi connectivity index (χ2v) is 9.19. The van der Waals surface area contributed by atoms with Gasteiger partial charge < -0.3 is 24.8 Å². The van der Waals surface area contributed by atoms with Gasteiger partial charge in [0.1, 0.15) is 12.1 Å². The number of amides is 2. The van der Waals surface area contributed by atoms with Crippen molar-refractivity contribution in [1.82, 2.24) is 10.2 Å². The molecule has 3 aliphatic rings. The second-order valence-electron chi connectivity index (χ2n) is 9.19. The van der Waals surface area contributed by atoms with Crippen LogP contribution in [0.25, 0.3) is 11.1 Å². The lowest BCUT2D eigenvalue weighted by Gasteiger charge is -2.35. The molecule has 1 aliphatic heterocycles. The summed E-state index contributed by atoms with van der Waals surface area (Å²) in [6, 6.07) is 16.2. The van der Waals surface area contributed by atoms with Gasteiger partial charge in [-0.05, 0) is 47.4 Å². The van der Waals surface area contributed by atoms with Gasteiger partial charge in [-0.3, -0.25) is 4.79 Å². The van der Waals surface area contributed by atoms with E-state index in [9.17, 15) is 19.5 Å². The predicted octanol–water partition coefficient (Wildman–Crippen LogP) is 3.01. The Labute approximate surface area is 197 Å². The van der Waals surface area contributed by atoms with Crippen LogP contribution in [0.5, 0.6) is 0 Å². The molecule has 0 aromatic heterocycles. The van der Waals surface area contributed by atoms with Gasteiger partial charge in [0.25, 0.3) is 5.91 Å². The van der Waals surface area contributed by atoms with Crippen molar-refractivity contribution in [2.45, 2.75) is 36.8 Å². The number of carbonyl (C=O) groups excluding carboxylic acids is 2. The summed E-state index contributed by atoms with van der Waals surface area (Å²) in [6.45, 7) is 0.455. The Morgan fingerprint density at radius 1 is 1.12 bits per heavy atom. The Kier molecular flexibility index (Phi) is 5.77. The molecule has 2 aromatic rings. The van der Waals surface area contributed by atoms with E-state index in [4.69, 9.17) is 9.47 Å². The number of aliphatic carboxylic acids is 1. The Morgan fingerprint density at radius 3 is 2.38 bits per heavy atom. The smallest absolute Gasteiger partial charge is 0.407 e. The normalized spacial score (nSPS) is 23.3. The zero-order valence-electron chi connectivity index (χ0n) is 19.0. The highest BCUT2D eigenvalue weighted by Crippen LogP contribution is 2.54. The Balaban J connectivity index is 1.19. The van der Waals surface area contributed by atoms with Crippen molar-refractivity contribution in [3.8, 4) is 11.1 Å². The quantitative estimate of drug-likeness (QED) is 0.653. The number of methoxy groups -OCH3 is 1. The van der Waals surface area contributed by atoms with Gasteiger partial charge in [0.2, 0.25) is 0 Å². The van der Waals surface area contributed by atoms with Crippen molar-refractivity contribution in [2.24, 2.45) is 5.92 Å². The number of alkyl carbamates (subject to hydrolysis) is 1. The molecule has 3 atom stereocenters. The molecule has 2 fully saturated rings. The van der Waals surface area contributed by atoms with Crippen LogP contribution >= 0.6 is 0 Å². The van der Waals surface area contributed by atoms with Gasteiger partial charge >= 0.3 is 12.1 Å². The summed E-state index contributed by atoms with van der Waals surface area (Å²) in [5.41, 5.74) is 3.40. The average Bonchev–Trinajstić information content (AvgIpc) is 3.54. The molecule has 2 N–H and O–H groups in total. The van der Waals surface area contributed by atoms with Crippen LogP contribution in [0.2, 0.25) is 0 Å². The van der Waals surface area contributed by atoms with E-state index in [-0.39, 0.29) is 25.0 Å². The van der Waals surface area contributed by atoms with Crippen molar-refractivity contribution in [3.63, 3.8) is 0 Å². The predicted molar refractivity (Wildman–Crippen MR) is 123 cm³/mol. The number of carboxylic acid groups (broad SMARTS) is 1. The maximum atomic E-state index is 13.1. The molecule has 1 saturated carbocycles. The highest BCUT2D eigenvalue weighted by Gasteiger charge is 2.67. The Bertz CT molecular complexity index is 1090. The van der Waals surface area contributed by atoms with Crippen LogP contribution in [0.3, 0.4) is 0 Å². The van der Waals surface area contributed by atoms with E-state index in [1.165, 1.54) is 12.0 Å². The van der Waals surface area contributed by atoms with Gasteiger partial charge in [-0.25, -0.2) is 9.59 Å². The van der Waals surface area contributed by atoms with Gasteiger partial charge in [0, 0.05) is 19.6 Å². The molecule has 8 nitrogen and oxygen atoms in total. The molecular weight excluding hydrogens is 436 g/mol. The topological polar surface area (TPSA) is 105 Å². The van der Waals surface area contributed by atoms with Crippen molar-refractivity contribution in [2.75, 3.05) is 26.8 Å². The van der Waals surface area contributed by atoms with Crippen LogP contribution in [-0.2, 0) is 19.1 Å². The molecule has 178 valence electrons. The van der Waals surface area contributed by atoms with Gasteiger partial charge in [0.15, 0.2) is 6.10 Å². The van der Waals surface area contributed by atoms with E-state index in [0.29, 0.717) is 13.0 Å². The number of fused-ring (bicyclic) bond motifs is 4. The average molecular weight is 465 g/mol. The van der Waals surface area contributed by atoms with Gasteiger partial charge in [0.05, 0.1) is 6.54 Å². The third-order valence-electron chi connectivity index (χ3n) is 7.46. The first-order chi connectivity index (χ1) is 16.5. The molecule has 2 aromatic carbocycles. The van der Waals surface area contributed by atoms with Crippen LogP contribution in [0.4, 0.5) is 4.79 Å². The molecule has 0 bridgehead atoms. The third kappa shape index (κ3) is 3.62. The number of ether oxygens (including phenoxy) is 2. The molecule has 1 heterocycles. The summed E-state index contributed by atoms with van der Waals surface area (Å²) in [5, 5.41) is 12.3. The van der Waals surface area contributed by atoms with Crippen molar-refractivity contribution in [3.05, 3.63) is 59.7 Å². The van der Waals surface area contributed by atoms with Crippen LogP contribution in [0.1, 0.15) is 36.3 Å². The summed E-state index contributed by atoms with van der Waals surface area (Å²) in [7, 11) is 1.38. The first kappa shape index (κ1) is 22.4. The van der Waals surface area contributed by atoms with E-state index in [0.717, 1.165) is 35.1 Å². The molecule has 1 saturated heterocycles. The summed E-state index contributed by atoms with van der Waals surface area (Å²) in [4.78, 5) is 38.9. The summed E-state index contributed by atoms with van der Waals surface area (Å²) in [6.07, 6.45) is 0.432. The lowest BCUT2D eigenvalue weighted by molar-refractivity contribution is -0.159. The Morgan fingerprint density at radius 2 is 1.76 bits per heavy atom. The number of benzene rings is 2. The van der Waals surface area contributed by atoms with E-state index < -0.39 is 29.6 Å². The lowest BCUT2D eigenvalue weighted by atomic mass is 9.98. The molecule has 0 radical (unpaired) electrons. The van der Waals surface area contributed by atoms with E-state index in [1.54, 1.807) is 0 Å². The van der Waals surface area contributed by atoms with Crippen molar-refractivity contribution < 1.29 is 29.0 Å². The molecule has 1 unspecified atom stereocenters. The highest BCUT2D eigenvalue weighted by atomic mass is 16.5. The fourth-order valence-corrected chi connectivity index (χ4v) is 5.64. The number of hydrogen-bond donors (Lipinski definition) is 2. The number of likely N-dealkylation sites (tertiary alicyclic amines) is 1. The molecule has 5 rings (SSSR count). The van der Waals surface area contributed by atoms with Crippen molar-refractivity contribution >= 4 is 18.0 Å². The van der Waals surface area contributed by atoms with Crippen LogP contribution in [0.15, 0.2) is 48.5 Å². The van der Waals surface area contributed by atoms with E-state index in [2.05, 4.69) is 17.4 Å². The first-order valence-electron chi connectivity index (χ1n) is 11.6. The Hall–Kier alpha value is -3.39. The third-order valence-corrected chi connectivity index (χ3v) is 7.46. The number of piperidine rings is 1. The molecule has 8 heteroatoms. The number of nitrogens with one attached hydrogen (secondary N) is 1. The maximum Gasteiger partial charge on any atom is 0.407 e. The summed E-state index contributed by atoms with van der Waals surface area (Å²) in [5.74, 6) is -1.44. The molecular formula is C26H28N2O6. The minimum atomic E-state index is -1.12. The lowest BCUT2D eigenvalue weighted by Crippen LogP contribution is -2.56. The largest absolute Gasteiger partial charge is 0.479 e. The van der Waals surface area contributed by atoms with Crippen molar-refractivity contribution in [1.29, 1.82) is 0 Å². The van der Waals surface area contributed by atoms with E-state index in [1.807, 2.05) is 36.4 Å². The van der Waals surface area contributed by atoms with Gasteiger partial charge in [-0.1, -0.05) is 48.5 Å². The molecule has 2 amide bonds. The number of hydrogen-bond acceptors (Lipinski definition) is 5. The number of nitrogens with zero attached hydrogens (tertiary/aromatic N) is 1. The zero-order chi connectivity index (χ0) is 23.9. The number of carbonyl (C=O) groups is 3. The minimum absolute atomic E-state index is 0.00435. The SMILES string of the molecule is COC(CNC(=O)OCC1c2ccccc2-c2ccccc21)C(=O)N1CCC[C@H]2C[C@]21C(=O)O. The van der Waals surface area contributed by atoms with Crippen LogP contribution in [0, 0.1) is 5.92 Å². The standard InChI is InChI=1S/C26H28N2O6/c1-33-22(23(29)28-12-6-7-16-13-26(16,28)24(30)31)14-27-25(32)34-15-21-19-10-4-2-8-17(19)18-9-3-5-11-20(18)21/h2-5,8-11,16,21-22H,6-7,12-15H2,1H3,(H,27,32)(H,30,31)/t16-,22?,26+/m0/s1.